The Balaban J connectivity index is 2.02. The van der Waals surface area contributed by atoms with Crippen molar-refractivity contribution in [1.82, 2.24) is 0 Å². The molecule has 0 amide bonds. The van der Waals surface area contributed by atoms with Crippen LogP contribution in [0.1, 0.15) is 11.1 Å². The summed E-state index contributed by atoms with van der Waals surface area (Å²) in [4.78, 5) is 0. The molecule has 0 N–H and O–H groups in total. The predicted molar refractivity (Wildman–Crippen MR) is 106 cm³/mol. The Morgan fingerprint density at radius 2 is 1.38 bits per heavy atom. The third-order valence-corrected chi connectivity index (χ3v) is 5.11. The zero-order chi connectivity index (χ0) is 16.7. The molecule has 0 spiro atoms. The van der Waals surface area contributed by atoms with Gasteiger partial charge in [0.2, 0.25) is 0 Å². The van der Waals surface area contributed by atoms with Crippen LogP contribution in [0.15, 0.2) is 71.1 Å². The summed E-state index contributed by atoms with van der Waals surface area (Å²) < 4.78 is 6.22. The SMILES string of the molecule is Cc1cc2oc(-c3ccccc3)c(P)c2c(C)c1-c1ccccc1. The molecule has 0 fully saturated rings. The van der Waals surface area contributed by atoms with Crippen molar-refractivity contribution in [3.8, 4) is 22.5 Å². The number of hydrogen-bond donors (Lipinski definition) is 0. The van der Waals surface area contributed by atoms with Gasteiger partial charge in [-0.25, -0.2) is 0 Å². The summed E-state index contributed by atoms with van der Waals surface area (Å²) in [6.45, 7) is 4.34. The van der Waals surface area contributed by atoms with Gasteiger partial charge in [0.25, 0.3) is 0 Å². The lowest BCUT2D eigenvalue weighted by molar-refractivity contribution is 0.633. The van der Waals surface area contributed by atoms with Crippen LogP contribution >= 0.6 is 9.24 Å². The third-order valence-electron chi connectivity index (χ3n) is 4.56. The topological polar surface area (TPSA) is 13.1 Å². The summed E-state index contributed by atoms with van der Waals surface area (Å²) in [6, 6.07) is 23.0. The van der Waals surface area contributed by atoms with Crippen molar-refractivity contribution in [3.05, 3.63) is 77.9 Å². The molecule has 0 aliphatic carbocycles. The second-order valence-corrected chi connectivity index (χ2v) is 6.72. The average Bonchev–Trinajstić information content (AvgIpc) is 2.93. The quantitative estimate of drug-likeness (QED) is 0.418. The van der Waals surface area contributed by atoms with E-state index in [-0.39, 0.29) is 0 Å². The smallest absolute Gasteiger partial charge is 0.142 e. The van der Waals surface area contributed by atoms with Crippen molar-refractivity contribution < 1.29 is 4.42 Å². The maximum Gasteiger partial charge on any atom is 0.142 e. The Morgan fingerprint density at radius 1 is 0.792 bits per heavy atom. The molecular weight excluding hydrogens is 311 g/mol. The third kappa shape index (κ3) is 2.37. The molecule has 1 aromatic heterocycles. The Labute approximate surface area is 144 Å². The van der Waals surface area contributed by atoms with Gasteiger partial charge in [-0.3, -0.25) is 0 Å². The first-order valence-corrected chi connectivity index (χ1v) is 8.67. The van der Waals surface area contributed by atoms with Gasteiger partial charge in [0, 0.05) is 16.3 Å². The Kier molecular flexibility index (Phi) is 3.75. The molecule has 1 heterocycles. The van der Waals surface area contributed by atoms with Crippen molar-refractivity contribution in [2.75, 3.05) is 0 Å². The van der Waals surface area contributed by atoms with Gasteiger partial charge in [-0.1, -0.05) is 60.7 Å². The molecule has 0 aliphatic rings. The summed E-state index contributed by atoms with van der Waals surface area (Å²) >= 11 is 0. The highest BCUT2D eigenvalue weighted by atomic mass is 31.0. The van der Waals surface area contributed by atoms with Crippen LogP contribution in [-0.2, 0) is 0 Å². The zero-order valence-electron chi connectivity index (χ0n) is 13.8. The van der Waals surface area contributed by atoms with E-state index < -0.39 is 0 Å². The maximum atomic E-state index is 6.22. The van der Waals surface area contributed by atoms with Crippen LogP contribution in [0.25, 0.3) is 33.4 Å². The number of benzene rings is 3. The predicted octanol–water partition coefficient (Wildman–Crippen LogP) is 5.88. The summed E-state index contributed by atoms with van der Waals surface area (Å²) in [5.74, 6) is 0.934. The first kappa shape index (κ1) is 15.2. The van der Waals surface area contributed by atoms with Crippen molar-refractivity contribution in [3.63, 3.8) is 0 Å². The van der Waals surface area contributed by atoms with E-state index in [0.29, 0.717) is 0 Å². The first-order valence-electron chi connectivity index (χ1n) is 8.10. The minimum atomic E-state index is 0.934. The Morgan fingerprint density at radius 3 is 2.00 bits per heavy atom. The number of fused-ring (bicyclic) bond motifs is 1. The molecule has 24 heavy (non-hydrogen) atoms. The highest BCUT2D eigenvalue weighted by Crippen LogP contribution is 2.36. The monoisotopic (exact) mass is 330 g/mol. The fourth-order valence-electron chi connectivity index (χ4n) is 3.49. The van der Waals surface area contributed by atoms with Gasteiger partial charge in [0.1, 0.15) is 11.3 Å². The fourth-order valence-corrected chi connectivity index (χ4v) is 4.08. The van der Waals surface area contributed by atoms with Crippen LogP contribution in [0.3, 0.4) is 0 Å². The van der Waals surface area contributed by atoms with Gasteiger partial charge in [0.05, 0.1) is 0 Å². The van der Waals surface area contributed by atoms with E-state index in [2.05, 4.69) is 71.6 Å². The standard InChI is InChI=1S/C22H19OP/c1-14-13-18-20(15(2)19(14)16-9-5-3-6-10-16)22(24)21(23-18)17-11-7-4-8-12-17/h3-13H,24H2,1-2H3. The van der Waals surface area contributed by atoms with Gasteiger partial charge in [-0.05, 0) is 42.2 Å². The minimum Gasteiger partial charge on any atom is -0.455 e. The van der Waals surface area contributed by atoms with Gasteiger partial charge in [-0.15, -0.1) is 9.24 Å². The van der Waals surface area contributed by atoms with Crippen molar-refractivity contribution >= 4 is 25.5 Å². The first-order chi connectivity index (χ1) is 11.7. The van der Waals surface area contributed by atoms with E-state index >= 15 is 0 Å². The summed E-state index contributed by atoms with van der Waals surface area (Å²) in [5.41, 5.74) is 7.12. The second-order valence-electron chi connectivity index (χ2n) is 6.14. The molecule has 0 saturated heterocycles. The molecule has 1 nitrogen and oxygen atoms in total. The van der Waals surface area contributed by atoms with Crippen LogP contribution in [0.5, 0.6) is 0 Å². The van der Waals surface area contributed by atoms with E-state index in [1.165, 1.54) is 27.6 Å². The van der Waals surface area contributed by atoms with Gasteiger partial charge < -0.3 is 4.42 Å². The van der Waals surface area contributed by atoms with Gasteiger partial charge in [-0.2, -0.15) is 0 Å². The number of aryl methyl sites for hydroxylation is 2. The summed E-state index contributed by atoms with van der Waals surface area (Å²) in [5, 5.41) is 2.33. The van der Waals surface area contributed by atoms with Crippen LogP contribution in [0.4, 0.5) is 0 Å². The van der Waals surface area contributed by atoms with Crippen molar-refractivity contribution in [2.24, 2.45) is 0 Å². The lowest BCUT2D eigenvalue weighted by Gasteiger charge is -2.11. The molecule has 0 aliphatic heterocycles. The highest BCUT2D eigenvalue weighted by molar-refractivity contribution is 7.29. The number of rotatable bonds is 2. The fraction of sp³-hybridized carbons (Fsp3) is 0.0909. The molecule has 4 rings (SSSR count). The zero-order valence-corrected chi connectivity index (χ0v) is 15.0. The highest BCUT2D eigenvalue weighted by Gasteiger charge is 2.18. The number of furan rings is 1. The Hall–Kier alpha value is -2.37. The molecule has 0 bridgehead atoms. The van der Waals surface area contributed by atoms with Crippen LogP contribution < -0.4 is 5.30 Å². The van der Waals surface area contributed by atoms with Crippen molar-refractivity contribution in [2.45, 2.75) is 13.8 Å². The molecule has 1 unspecified atom stereocenters. The summed E-state index contributed by atoms with van der Waals surface area (Å²) in [6.07, 6.45) is 0. The summed E-state index contributed by atoms with van der Waals surface area (Å²) in [7, 11) is 2.88. The van der Waals surface area contributed by atoms with E-state index in [9.17, 15) is 0 Å². The lowest BCUT2D eigenvalue weighted by Crippen LogP contribution is -1.96. The van der Waals surface area contributed by atoms with Crippen LogP contribution in [0, 0.1) is 13.8 Å². The average molecular weight is 330 g/mol. The molecular formula is C22H19OP. The van der Waals surface area contributed by atoms with Crippen LogP contribution in [-0.4, -0.2) is 0 Å². The van der Waals surface area contributed by atoms with Crippen molar-refractivity contribution in [1.29, 1.82) is 0 Å². The van der Waals surface area contributed by atoms with Gasteiger partial charge in [0.15, 0.2) is 0 Å². The van der Waals surface area contributed by atoms with E-state index in [1.807, 2.05) is 18.2 Å². The molecule has 0 saturated carbocycles. The lowest BCUT2D eigenvalue weighted by atomic mass is 9.93. The molecule has 1 atom stereocenters. The normalized spacial score (nSPS) is 11.1. The Bertz CT molecular complexity index is 1010. The van der Waals surface area contributed by atoms with E-state index in [4.69, 9.17) is 4.42 Å². The molecule has 3 aromatic carbocycles. The second kappa shape index (κ2) is 5.92. The van der Waals surface area contributed by atoms with Gasteiger partial charge >= 0.3 is 0 Å². The van der Waals surface area contributed by atoms with Crippen LogP contribution in [0.2, 0.25) is 0 Å². The number of hydrogen-bond acceptors (Lipinski definition) is 1. The largest absolute Gasteiger partial charge is 0.455 e. The molecule has 2 heteroatoms. The maximum absolute atomic E-state index is 6.22. The molecule has 4 aromatic rings. The van der Waals surface area contributed by atoms with E-state index in [1.54, 1.807) is 0 Å². The molecule has 0 radical (unpaired) electrons. The molecule has 118 valence electrons. The minimum absolute atomic E-state index is 0.934. The van der Waals surface area contributed by atoms with E-state index in [0.717, 1.165) is 22.2 Å².